The van der Waals surface area contributed by atoms with Gasteiger partial charge in [-0.15, -0.1) is 0 Å². The molecule has 13 heteroatoms. The fraction of sp³-hybridized carbons (Fsp3) is 0.0800. The Bertz CT molecular complexity index is 1650. The number of carbonyl (C=O) groups is 3. The summed E-state index contributed by atoms with van der Waals surface area (Å²) in [4.78, 5) is 50.2. The largest absolute Gasteiger partial charge is 0.351 e. The molecule has 3 N–H and O–H groups in total. The van der Waals surface area contributed by atoms with Gasteiger partial charge in [-0.25, -0.2) is 22.8 Å². The lowest BCUT2D eigenvalue weighted by atomic mass is 10.0. The van der Waals surface area contributed by atoms with Crippen molar-refractivity contribution in [3.63, 3.8) is 0 Å². The van der Waals surface area contributed by atoms with Gasteiger partial charge in [-0.1, -0.05) is 30.3 Å². The summed E-state index contributed by atoms with van der Waals surface area (Å²) in [7, 11) is -3.99. The number of para-hydroxylation sites is 2. The maximum atomic E-state index is 13.4. The first-order valence-corrected chi connectivity index (χ1v) is 12.8. The molecular formula is C25H19N5O7S. The van der Waals surface area contributed by atoms with Gasteiger partial charge in [0.15, 0.2) is 0 Å². The molecule has 0 unspecified atom stereocenters. The number of ketones is 1. The molecule has 2 aliphatic rings. The van der Waals surface area contributed by atoms with Crippen LogP contribution >= 0.6 is 0 Å². The van der Waals surface area contributed by atoms with Crippen LogP contribution in [0.4, 0.5) is 21.9 Å². The van der Waals surface area contributed by atoms with Crippen molar-refractivity contribution in [2.24, 2.45) is 0 Å². The highest BCUT2D eigenvalue weighted by atomic mass is 32.2. The van der Waals surface area contributed by atoms with Gasteiger partial charge in [0, 0.05) is 42.0 Å². The third-order valence-electron chi connectivity index (χ3n) is 5.99. The summed E-state index contributed by atoms with van der Waals surface area (Å²) in [6.07, 6.45) is 0. The van der Waals surface area contributed by atoms with Gasteiger partial charge >= 0.3 is 6.03 Å². The van der Waals surface area contributed by atoms with Crippen molar-refractivity contribution in [2.45, 2.75) is 4.90 Å². The van der Waals surface area contributed by atoms with E-state index in [-0.39, 0.29) is 46.4 Å². The molecule has 0 atom stereocenters. The van der Waals surface area contributed by atoms with E-state index < -0.39 is 26.9 Å². The van der Waals surface area contributed by atoms with Gasteiger partial charge in [-0.2, -0.15) is 0 Å². The normalized spacial score (nSPS) is 16.2. The molecule has 12 nitrogen and oxygen atoms in total. The number of hydrogen-bond acceptors (Lipinski definition) is 8. The van der Waals surface area contributed by atoms with E-state index in [2.05, 4.69) is 15.4 Å². The number of benzene rings is 3. The third kappa shape index (κ3) is 4.29. The van der Waals surface area contributed by atoms with Crippen LogP contribution in [-0.2, 0) is 14.8 Å². The molecule has 3 aromatic carbocycles. The lowest BCUT2D eigenvalue weighted by molar-refractivity contribution is -0.384. The Morgan fingerprint density at radius 1 is 0.921 bits per heavy atom. The molecule has 0 saturated heterocycles. The number of Topliss-reactive ketones (excluding diaryl/α,β-unsaturated/α-hetero) is 1. The van der Waals surface area contributed by atoms with Crippen molar-refractivity contribution >= 4 is 50.4 Å². The Morgan fingerprint density at radius 2 is 1.58 bits per heavy atom. The Kier molecular flexibility index (Phi) is 6.22. The van der Waals surface area contributed by atoms with Gasteiger partial charge < -0.3 is 10.6 Å². The zero-order chi connectivity index (χ0) is 27.0. The Balaban J connectivity index is 1.29. The smallest absolute Gasteiger partial charge is 0.329 e. The third-order valence-corrected chi connectivity index (χ3v) is 7.47. The van der Waals surface area contributed by atoms with Crippen LogP contribution in [0.1, 0.15) is 15.9 Å². The molecule has 3 aromatic rings. The minimum absolute atomic E-state index is 0.0656. The Labute approximate surface area is 216 Å². The van der Waals surface area contributed by atoms with Gasteiger partial charge in [0.2, 0.25) is 15.8 Å². The molecule has 38 heavy (non-hydrogen) atoms. The van der Waals surface area contributed by atoms with E-state index in [9.17, 15) is 32.9 Å². The van der Waals surface area contributed by atoms with Crippen LogP contribution in [0.25, 0.3) is 5.57 Å². The highest BCUT2D eigenvalue weighted by molar-refractivity contribution is 7.89. The molecule has 3 amide bonds. The van der Waals surface area contributed by atoms with Crippen LogP contribution in [0.5, 0.6) is 0 Å². The molecule has 0 spiro atoms. The summed E-state index contributed by atoms with van der Waals surface area (Å²) in [5.41, 5.74) is 1.58. The zero-order valence-electron chi connectivity index (χ0n) is 19.5. The van der Waals surface area contributed by atoms with Gasteiger partial charge in [0.1, 0.15) is 5.70 Å². The van der Waals surface area contributed by atoms with Gasteiger partial charge in [-0.05, 0) is 30.3 Å². The summed E-state index contributed by atoms with van der Waals surface area (Å²) in [5.74, 6) is -1.06. The molecular weight excluding hydrogens is 514 g/mol. The Hall–Kier alpha value is -4.88. The van der Waals surface area contributed by atoms with Crippen LogP contribution in [0.2, 0.25) is 0 Å². The van der Waals surface area contributed by atoms with Crippen molar-refractivity contribution in [1.82, 2.24) is 10.0 Å². The zero-order valence-corrected chi connectivity index (χ0v) is 20.3. The van der Waals surface area contributed by atoms with E-state index >= 15 is 0 Å². The first kappa shape index (κ1) is 24.8. The van der Waals surface area contributed by atoms with E-state index in [1.807, 2.05) is 0 Å². The number of nitro benzene ring substituents is 1. The van der Waals surface area contributed by atoms with Gasteiger partial charge in [0.05, 0.1) is 21.1 Å². The summed E-state index contributed by atoms with van der Waals surface area (Å²) < 4.78 is 27.2. The summed E-state index contributed by atoms with van der Waals surface area (Å²) in [5, 5.41) is 16.3. The molecule has 5 rings (SSSR count). The summed E-state index contributed by atoms with van der Waals surface area (Å²) >= 11 is 0. The first-order valence-electron chi connectivity index (χ1n) is 11.3. The molecule has 0 aliphatic carbocycles. The monoisotopic (exact) mass is 533 g/mol. The molecule has 0 fully saturated rings. The minimum Gasteiger partial charge on any atom is -0.351 e. The number of imide groups is 1. The maximum Gasteiger partial charge on any atom is 0.329 e. The van der Waals surface area contributed by atoms with Crippen LogP contribution in [-0.4, -0.2) is 44.2 Å². The molecule has 2 heterocycles. The number of nitrogens with zero attached hydrogens (tertiary/aromatic N) is 2. The van der Waals surface area contributed by atoms with Crippen molar-refractivity contribution in [2.75, 3.05) is 23.3 Å². The second-order valence-corrected chi connectivity index (χ2v) is 10.1. The number of sulfonamides is 1. The fourth-order valence-corrected chi connectivity index (χ4v) is 5.25. The minimum atomic E-state index is -3.99. The molecule has 192 valence electrons. The topological polar surface area (TPSA) is 168 Å². The van der Waals surface area contributed by atoms with Crippen LogP contribution in [0.3, 0.4) is 0 Å². The quantitative estimate of drug-likeness (QED) is 0.188. The molecule has 0 bridgehead atoms. The number of fused-ring (bicyclic) bond motifs is 2. The fourth-order valence-electron chi connectivity index (χ4n) is 4.22. The summed E-state index contributed by atoms with van der Waals surface area (Å²) in [6.45, 7) is -0.371. The number of hydrogen-bond donors (Lipinski definition) is 3. The second-order valence-electron chi connectivity index (χ2n) is 8.29. The van der Waals surface area contributed by atoms with E-state index in [0.717, 1.165) is 29.2 Å². The van der Waals surface area contributed by atoms with Crippen LogP contribution in [0.15, 0.2) is 83.4 Å². The van der Waals surface area contributed by atoms with Crippen LogP contribution in [0, 0.1) is 10.1 Å². The van der Waals surface area contributed by atoms with E-state index in [1.165, 1.54) is 0 Å². The number of carbonyl (C=O) groups excluding carboxylic acids is 3. The van der Waals surface area contributed by atoms with Crippen molar-refractivity contribution < 1.29 is 27.7 Å². The molecule has 0 aromatic heterocycles. The van der Waals surface area contributed by atoms with Gasteiger partial charge in [-0.3, -0.25) is 19.7 Å². The number of nitro groups is 1. The predicted octanol–water partition coefficient (Wildman–Crippen LogP) is 2.65. The average molecular weight is 534 g/mol. The van der Waals surface area contributed by atoms with Crippen molar-refractivity contribution in [3.05, 3.63) is 99.7 Å². The number of allylic oxidation sites excluding steroid dienone is 1. The summed E-state index contributed by atoms with van der Waals surface area (Å²) in [6, 6.07) is 16.9. The number of amides is 3. The van der Waals surface area contributed by atoms with E-state index in [1.54, 1.807) is 48.5 Å². The highest BCUT2D eigenvalue weighted by Crippen LogP contribution is 2.41. The molecule has 0 radical (unpaired) electrons. The van der Waals surface area contributed by atoms with E-state index in [4.69, 9.17) is 0 Å². The molecule has 2 aliphatic heterocycles. The maximum absolute atomic E-state index is 13.4. The Morgan fingerprint density at radius 3 is 2.26 bits per heavy atom. The average Bonchev–Trinajstić information content (AvgIpc) is 3.39. The number of anilines is 2. The SMILES string of the molecule is O=C1/C(=C2/C(=O)N(C(=O)NCCNS(=O)(=O)c3ccc([N+](=O)[O-])cc3)c3ccccc32)Nc2ccccc21. The lowest BCUT2D eigenvalue weighted by Crippen LogP contribution is -2.44. The molecule has 0 saturated carbocycles. The van der Waals surface area contributed by atoms with Crippen LogP contribution < -0.4 is 20.3 Å². The lowest BCUT2D eigenvalue weighted by Gasteiger charge is -2.16. The number of rotatable bonds is 6. The van der Waals surface area contributed by atoms with E-state index in [0.29, 0.717) is 16.8 Å². The van der Waals surface area contributed by atoms with Crippen molar-refractivity contribution in [1.29, 1.82) is 0 Å². The number of nitrogens with one attached hydrogen (secondary N) is 3. The second kappa shape index (κ2) is 9.53. The number of urea groups is 1. The standard InChI is InChI=1S/C25H19N5O7S/c31-23-17-5-1-3-7-19(17)28-22(23)21-18-6-2-4-8-20(18)29(24(21)32)25(33)26-13-14-27-38(36,37)16-11-9-15(10-12-16)30(34)35/h1-12,27-28H,13-14H2,(H,26,33)/b22-21-. The number of non-ortho nitro benzene ring substituents is 1. The van der Waals surface area contributed by atoms with Gasteiger partial charge in [0.25, 0.3) is 11.6 Å². The van der Waals surface area contributed by atoms with Crippen molar-refractivity contribution in [3.8, 4) is 0 Å². The predicted molar refractivity (Wildman–Crippen MR) is 137 cm³/mol. The first-order chi connectivity index (χ1) is 18.2. The highest BCUT2D eigenvalue weighted by Gasteiger charge is 2.41.